The van der Waals surface area contributed by atoms with Crippen LogP contribution in [-0.2, 0) is 16.0 Å². The molecule has 0 aromatic carbocycles. The number of hydrogen-bond acceptors (Lipinski definition) is 5. The lowest BCUT2D eigenvalue weighted by atomic mass is 10.1. The molecule has 0 saturated heterocycles. The van der Waals surface area contributed by atoms with Crippen LogP contribution in [0, 0.1) is 0 Å². The Hall–Kier alpha value is -1.14. The van der Waals surface area contributed by atoms with Gasteiger partial charge < -0.3 is 14.7 Å². The van der Waals surface area contributed by atoms with E-state index in [0.29, 0.717) is 18.3 Å². The molecule has 0 atom stereocenters. The lowest BCUT2D eigenvalue weighted by molar-refractivity contribution is -0.136. The van der Waals surface area contributed by atoms with Crippen molar-refractivity contribution in [1.82, 2.24) is 4.98 Å². The number of aromatic nitrogens is 1. The van der Waals surface area contributed by atoms with Crippen LogP contribution in [-0.4, -0.2) is 42.4 Å². The minimum atomic E-state index is -0.845. The van der Waals surface area contributed by atoms with Gasteiger partial charge in [0.15, 0.2) is 5.13 Å². The van der Waals surface area contributed by atoms with Crippen molar-refractivity contribution in [2.75, 3.05) is 25.2 Å². The standard InChI is InChI=1S/C13H22N2O3S/c1-4-11(5-2)15(6-7-18-3)13-14-10(9-19-13)8-12(16)17/h9,11H,4-8H2,1-3H3,(H,16,17). The Morgan fingerprint density at radius 1 is 1.53 bits per heavy atom. The molecule has 108 valence electrons. The Bertz CT molecular complexity index is 391. The summed E-state index contributed by atoms with van der Waals surface area (Å²) in [5.41, 5.74) is 0.626. The Kier molecular flexibility index (Phi) is 6.80. The zero-order valence-corrected chi connectivity index (χ0v) is 12.6. The zero-order valence-electron chi connectivity index (χ0n) is 11.8. The van der Waals surface area contributed by atoms with Crippen LogP contribution in [0.15, 0.2) is 5.38 Å². The summed E-state index contributed by atoms with van der Waals surface area (Å²) >= 11 is 1.51. The molecule has 0 bridgehead atoms. The molecule has 1 aromatic rings. The average molecular weight is 286 g/mol. The first-order chi connectivity index (χ1) is 9.12. The third-order valence-electron chi connectivity index (χ3n) is 3.04. The highest BCUT2D eigenvalue weighted by atomic mass is 32.1. The van der Waals surface area contributed by atoms with Crippen LogP contribution in [0.3, 0.4) is 0 Å². The Morgan fingerprint density at radius 3 is 2.74 bits per heavy atom. The molecule has 0 saturated carbocycles. The molecule has 0 unspecified atom stereocenters. The fraction of sp³-hybridized carbons (Fsp3) is 0.692. The summed E-state index contributed by atoms with van der Waals surface area (Å²) in [6.07, 6.45) is 2.06. The lowest BCUT2D eigenvalue weighted by Crippen LogP contribution is -2.37. The fourth-order valence-corrected chi connectivity index (χ4v) is 2.94. The van der Waals surface area contributed by atoms with E-state index in [2.05, 4.69) is 23.7 Å². The molecule has 1 N–H and O–H groups in total. The molecule has 0 aliphatic heterocycles. The first-order valence-corrected chi connectivity index (χ1v) is 7.42. The van der Waals surface area contributed by atoms with Crippen LogP contribution in [0.4, 0.5) is 5.13 Å². The molecule has 0 fully saturated rings. The zero-order chi connectivity index (χ0) is 14.3. The molecule has 6 heteroatoms. The molecular formula is C13H22N2O3S. The Morgan fingerprint density at radius 2 is 2.21 bits per heavy atom. The number of thiazole rings is 1. The smallest absolute Gasteiger partial charge is 0.309 e. The van der Waals surface area contributed by atoms with Crippen molar-refractivity contribution in [1.29, 1.82) is 0 Å². The minimum Gasteiger partial charge on any atom is -0.481 e. The molecule has 1 heterocycles. The number of methoxy groups -OCH3 is 1. The highest BCUT2D eigenvalue weighted by Gasteiger charge is 2.19. The van der Waals surface area contributed by atoms with Gasteiger partial charge in [0, 0.05) is 25.1 Å². The molecule has 1 rings (SSSR count). The summed E-state index contributed by atoms with van der Waals surface area (Å²) in [6.45, 7) is 5.73. The first-order valence-electron chi connectivity index (χ1n) is 6.54. The van der Waals surface area contributed by atoms with E-state index in [1.165, 1.54) is 11.3 Å². The molecule has 1 aromatic heterocycles. The maximum Gasteiger partial charge on any atom is 0.309 e. The van der Waals surface area contributed by atoms with Crippen LogP contribution in [0.25, 0.3) is 0 Å². The number of aliphatic carboxylic acids is 1. The van der Waals surface area contributed by atoms with Gasteiger partial charge in [-0.25, -0.2) is 4.98 Å². The molecular weight excluding hydrogens is 264 g/mol. The van der Waals surface area contributed by atoms with Gasteiger partial charge in [0.1, 0.15) is 0 Å². The van der Waals surface area contributed by atoms with E-state index >= 15 is 0 Å². The second kappa shape index (κ2) is 8.12. The molecule has 0 amide bonds. The third-order valence-corrected chi connectivity index (χ3v) is 3.96. The van der Waals surface area contributed by atoms with E-state index in [0.717, 1.165) is 24.5 Å². The molecule has 0 aliphatic rings. The summed E-state index contributed by atoms with van der Waals surface area (Å²) in [5.74, 6) is -0.845. The number of nitrogens with zero attached hydrogens (tertiary/aromatic N) is 2. The number of ether oxygens (including phenoxy) is 1. The van der Waals surface area contributed by atoms with Crippen LogP contribution in [0.2, 0.25) is 0 Å². The second-order valence-electron chi connectivity index (χ2n) is 4.35. The highest BCUT2D eigenvalue weighted by Crippen LogP contribution is 2.25. The van der Waals surface area contributed by atoms with Crippen molar-refractivity contribution in [3.05, 3.63) is 11.1 Å². The lowest BCUT2D eigenvalue weighted by Gasteiger charge is -2.29. The highest BCUT2D eigenvalue weighted by molar-refractivity contribution is 7.13. The molecule has 5 nitrogen and oxygen atoms in total. The van der Waals surface area contributed by atoms with Crippen LogP contribution in [0.1, 0.15) is 32.4 Å². The van der Waals surface area contributed by atoms with Gasteiger partial charge in [0.05, 0.1) is 18.7 Å². The van der Waals surface area contributed by atoms with E-state index in [9.17, 15) is 4.79 Å². The van der Waals surface area contributed by atoms with Gasteiger partial charge in [-0.2, -0.15) is 0 Å². The van der Waals surface area contributed by atoms with E-state index in [-0.39, 0.29) is 6.42 Å². The van der Waals surface area contributed by atoms with Crippen LogP contribution in [0.5, 0.6) is 0 Å². The van der Waals surface area contributed by atoms with E-state index < -0.39 is 5.97 Å². The number of anilines is 1. The maximum atomic E-state index is 10.7. The van der Waals surface area contributed by atoms with Gasteiger partial charge in [0.25, 0.3) is 0 Å². The predicted octanol–water partition coefficient (Wildman–Crippen LogP) is 2.41. The normalized spacial score (nSPS) is 10.9. The van der Waals surface area contributed by atoms with E-state index in [1.54, 1.807) is 7.11 Å². The largest absolute Gasteiger partial charge is 0.481 e. The SMILES string of the molecule is CCC(CC)N(CCOC)c1nc(CC(=O)O)cs1. The topological polar surface area (TPSA) is 62.7 Å². The van der Waals surface area contributed by atoms with Crippen molar-refractivity contribution in [2.24, 2.45) is 0 Å². The number of carboxylic acid groups (broad SMARTS) is 1. The summed E-state index contributed by atoms with van der Waals surface area (Å²) in [6, 6.07) is 0.416. The van der Waals surface area contributed by atoms with Crippen molar-refractivity contribution in [3.63, 3.8) is 0 Å². The maximum absolute atomic E-state index is 10.7. The van der Waals surface area contributed by atoms with Gasteiger partial charge in [-0.3, -0.25) is 4.79 Å². The number of carbonyl (C=O) groups is 1. The van der Waals surface area contributed by atoms with Crippen LogP contribution < -0.4 is 4.90 Å². The van der Waals surface area contributed by atoms with Gasteiger partial charge in [-0.15, -0.1) is 11.3 Å². The number of carboxylic acids is 1. The van der Waals surface area contributed by atoms with Crippen LogP contribution >= 0.6 is 11.3 Å². The summed E-state index contributed by atoms with van der Waals surface area (Å²) < 4.78 is 5.15. The number of hydrogen-bond donors (Lipinski definition) is 1. The summed E-state index contributed by atoms with van der Waals surface area (Å²) in [5, 5.41) is 11.5. The third kappa shape index (κ3) is 4.80. The van der Waals surface area contributed by atoms with E-state index in [4.69, 9.17) is 9.84 Å². The quantitative estimate of drug-likeness (QED) is 0.755. The molecule has 0 spiro atoms. The van der Waals surface area contributed by atoms with Gasteiger partial charge in [-0.05, 0) is 12.8 Å². The Labute approximate surface area is 118 Å². The molecule has 0 radical (unpaired) electrons. The molecule has 0 aliphatic carbocycles. The van der Waals surface area contributed by atoms with Gasteiger partial charge in [0.2, 0.25) is 0 Å². The Balaban J connectivity index is 2.83. The van der Waals surface area contributed by atoms with Crippen molar-refractivity contribution in [3.8, 4) is 0 Å². The fourth-order valence-electron chi connectivity index (χ4n) is 2.02. The minimum absolute atomic E-state index is 0.0163. The van der Waals surface area contributed by atoms with Gasteiger partial charge >= 0.3 is 5.97 Å². The summed E-state index contributed by atoms with van der Waals surface area (Å²) in [4.78, 5) is 17.3. The van der Waals surface area contributed by atoms with E-state index in [1.807, 2.05) is 5.38 Å². The van der Waals surface area contributed by atoms with Crippen molar-refractivity contribution < 1.29 is 14.6 Å². The first kappa shape index (κ1) is 15.9. The molecule has 19 heavy (non-hydrogen) atoms. The summed E-state index contributed by atoms with van der Waals surface area (Å²) in [7, 11) is 1.68. The predicted molar refractivity (Wildman–Crippen MR) is 77.0 cm³/mol. The number of rotatable bonds is 9. The van der Waals surface area contributed by atoms with Crippen molar-refractivity contribution in [2.45, 2.75) is 39.2 Å². The second-order valence-corrected chi connectivity index (χ2v) is 5.18. The van der Waals surface area contributed by atoms with Gasteiger partial charge in [-0.1, -0.05) is 13.8 Å². The average Bonchev–Trinajstić information content (AvgIpc) is 2.81. The monoisotopic (exact) mass is 286 g/mol. The van der Waals surface area contributed by atoms with Crippen molar-refractivity contribution >= 4 is 22.4 Å².